The van der Waals surface area contributed by atoms with Crippen molar-refractivity contribution in [3.05, 3.63) is 95.1 Å². The summed E-state index contributed by atoms with van der Waals surface area (Å²) in [5.74, 6) is -0.838. The van der Waals surface area contributed by atoms with Crippen molar-refractivity contribution in [1.82, 2.24) is 14.7 Å². The SMILES string of the molecule is CN(Cc1ccccc1)C(=O)c1cc(-c2ccnn2-c2ccccc2Cl)c(O)cc1O. The Bertz CT molecular complexity index is 1240. The molecule has 0 bridgehead atoms. The molecule has 3 aromatic carbocycles. The smallest absolute Gasteiger partial charge is 0.257 e. The van der Waals surface area contributed by atoms with Gasteiger partial charge < -0.3 is 15.1 Å². The van der Waals surface area contributed by atoms with E-state index in [1.54, 1.807) is 36.1 Å². The van der Waals surface area contributed by atoms with Gasteiger partial charge >= 0.3 is 0 Å². The quantitative estimate of drug-likeness (QED) is 0.470. The van der Waals surface area contributed by atoms with Crippen LogP contribution in [0.15, 0.2) is 79.0 Å². The first kappa shape index (κ1) is 20.5. The van der Waals surface area contributed by atoms with Gasteiger partial charge in [0.25, 0.3) is 5.91 Å². The molecule has 0 spiro atoms. The zero-order valence-corrected chi connectivity index (χ0v) is 17.5. The molecule has 1 aromatic heterocycles. The van der Waals surface area contributed by atoms with Crippen LogP contribution in [0.4, 0.5) is 0 Å². The number of aromatic hydroxyl groups is 2. The molecule has 0 aliphatic carbocycles. The molecule has 0 radical (unpaired) electrons. The second kappa shape index (κ2) is 8.53. The monoisotopic (exact) mass is 433 g/mol. The van der Waals surface area contributed by atoms with Crippen molar-refractivity contribution in [3.8, 4) is 28.4 Å². The Morgan fingerprint density at radius 1 is 1.00 bits per heavy atom. The summed E-state index contributed by atoms with van der Waals surface area (Å²) in [6.07, 6.45) is 1.58. The molecule has 7 heteroatoms. The molecule has 2 N–H and O–H groups in total. The number of benzene rings is 3. The van der Waals surface area contributed by atoms with E-state index in [1.165, 1.54) is 17.0 Å². The van der Waals surface area contributed by atoms with E-state index in [1.807, 2.05) is 42.5 Å². The van der Waals surface area contributed by atoms with E-state index < -0.39 is 0 Å². The van der Waals surface area contributed by atoms with E-state index in [0.29, 0.717) is 28.5 Å². The predicted octanol–water partition coefficient (Wildman–Crippen LogP) is 4.88. The summed E-state index contributed by atoms with van der Waals surface area (Å²) in [6, 6.07) is 21.1. The molecule has 4 rings (SSSR count). The number of para-hydroxylation sites is 1. The second-order valence-corrected chi connectivity index (χ2v) is 7.52. The molecule has 0 saturated heterocycles. The van der Waals surface area contributed by atoms with E-state index in [9.17, 15) is 15.0 Å². The third-order valence-corrected chi connectivity index (χ3v) is 5.27. The lowest BCUT2D eigenvalue weighted by Crippen LogP contribution is -2.26. The zero-order chi connectivity index (χ0) is 22.0. The van der Waals surface area contributed by atoms with Crippen molar-refractivity contribution in [1.29, 1.82) is 0 Å². The van der Waals surface area contributed by atoms with Crippen LogP contribution in [0.5, 0.6) is 11.5 Å². The van der Waals surface area contributed by atoms with Gasteiger partial charge in [0, 0.05) is 25.2 Å². The van der Waals surface area contributed by atoms with Crippen molar-refractivity contribution in [3.63, 3.8) is 0 Å². The Labute approximate surface area is 184 Å². The fraction of sp³-hybridized carbons (Fsp3) is 0.0833. The van der Waals surface area contributed by atoms with Crippen LogP contribution in [-0.2, 0) is 6.54 Å². The van der Waals surface area contributed by atoms with Crippen molar-refractivity contribution < 1.29 is 15.0 Å². The molecular weight excluding hydrogens is 414 g/mol. The molecule has 6 nitrogen and oxygen atoms in total. The fourth-order valence-corrected chi connectivity index (χ4v) is 3.63. The minimum absolute atomic E-state index is 0.0816. The van der Waals surface area contributed by atoms with Crippen LogP contribution in [0.1, 0.15) is 15.9 Å². The fourth-order valence-electron chi connectivity index (χ4n) is 3.41. The number of halogens is 1. The van der Waals surface area contributed by atoms with Gasteiger partial charge in [0.2, 0.25) is 0 Å². The Morgan fingerprint density at radius 3 is 2.45 bits per heavy atom. The lowest BCUT2D eigenvalue weighted by Gasteiger charge is -2.19. The summed E-state index contributed by atoms with van der Waals surface area (Å²) >= 11 is 6.32. The van der Waals surface area contributed by atoms with Crippen molar-refractivity contribution in [2.75, 3.05) is 7.05 Å². The molecule has 0 atom stereocenters. The van der Waals surface area contributed by atoms with E-state index >= 15 is 0 Å². The number of hydrogen-bond donors (Lipinski definition) is 2. The predicted molar refractivity (Wildman–Crippen MR) is 120 cm³/mol. The van der Waals surface area contributed by atoms with E-state index in [0.717, 1.165) is 5.56 Å². The van der Waals surface area contributed by atoms with Crippen LogP contribution < -0.4 is 0 Å². The first-order valence-corrected chi connectivity index (χ1v) is 9.98. The van der Waals surface area contributed by atoms with E-state index in [2.05, 4.69) is 5.10 Å². The highest BCUT2D eigenvalue weighted by atomic mass is 35.5. The normalized spacial score (nSPS) is 10.8. The molecule has 0 aliphatic rings. The van der Waals surface area contributed by atoms with Crippen LogP contribution in [0, 0.1) is 0 Å². The van der Waals surface area contributed by atoms with Gasteiger partial charge in [0.1, 0.15) is 11.5 Å². The molecule has 0 fully saturated rings. The first-order valence-electron chi connectivity index (χ1n) is 9.60. The molecule has 4 aromatic rings. The number of nitrogens with zero attached hydrogens (tertiary/aromatic N) is 3. The molecule has 0 aliphatic heterocycles. The highest BCUT2D eigenvalue weighted by Crippen LogP contribution is 2.37. The van der Waals surface area contributed by atoms with Gasteiger partial charge in [-0.05, 0) is 29.8 Å². The Balaban J connectivity index is 1.72. The maximum Gasteiger partial charge on any atom is 0.257 e. The molecule has 0 saturated carbocycles. The minimum Gasteiger partial charge on any atom is -0.507 e. The van der Waals surface area contributed by atoms with E-state index in [4.69, 9.17) is 11.6 Å². The standard InChI is InChI=1S/C24H20ClN3O3/c1-27(15-16-7-3-2-4-8-16)24(31)18-13-17(22(29)14-23(18)30)20-11-12-26-28(20)21-10-6-5-9-19(21)25/h2-14,29-30H,15H2,1H3. The van der Waals surface area contributed by atoms with Crippen molar-refractivity contribution in [2.45, 2.75) is 6.54 Å². The summed E-state index contributed by atoms with van der Waals surface area (Å²) < 4.78 is 1.58. The van der Waals surface area contributed by atoms with Gasteiger partial charge in [-0.3, -0.25) is 4.79 Å². The zero-order valence-electron chi connectivity index (χ0n) is 16.7. The first-order chi connectivity index (χ1) is 15.0. The summed E-state index contributed by atoms with van der Waals surface area (Å²) in [5, 5.41) is 25.7. The van der Waals surface area contributed by atoms with E-state index in [-0.39, 0.29) is 23.0 Å². The average Bonchev–Trinajstić information content (AvgIpc) is 3.23. The van der Waals surface area contributed by atoms with Crippen LogP contribution in [0.25, 0.3) is 16.9 Å². The molecule has 1 amide bonds. The highest BCUT2D eigenvalue weighted by molar-refractivity contribution is 6.32. The number of phenols is 2. The maximum atomic E-state index is 13.1. The summed E-state index contributed by atoms with van der Waals surface area (Å²) in [5.41, 5.74) is 2.56. The summed E-state index contributed by atoms with van der Waals surface area (Å²) in [6.45, 7) is 0.382. The van der Waals surface area contributed by atoms with Gasteiger partial charge in [-0.25, -0.2) is 4.68 Å². The highest BCUT2D eigenvalue weighted by Gasteiger charge is 2.21. The number of amides is 1. The average molecular weight is 434 g/mol. The number of carbonyl (C=O) groups excluding carboxylic acids is 1. The van der Waals surface area contributed by atoms with Crippen LogP contribution in [0.2, 0.25) is 5.02 Å². The van der Waals surface area contributed by atoms with Crippen LogP contribution >= 0.6 is 11.6 Å². The van der Waals surface area contributed by atoms with Gasteiger partial charge in [0.05, 0.1) is 28.2 Å². The van der Waals surface area contributed by atoms with Gasteiger partial charge in [-0.1, -0.05) is 54.1 Å². The van der Waals surface area contributed by atoms with Gasteiger partial charge in [-0.15, -0.1) is 0 Å². The lowest BCUT2D eigenvalue weighted by molar-refractivity contribution is 0.0782. The number of aromatic nitrogens is 2. The van der Waals surface area contributed by atoms with Crippen molar-refractivity contribution >= 4 is 17.5 Å². The topological polar surface area (TPSA) is 78.6 Å². The summed E-state index contributed by atoms with van der Waals surface area (Å²) in [7, 11) is 1.66. The number of hydrogen-bond acceptors (Lipinski definition) is 4. The summed E-state index contributed by atoms with van der Waals surface area (Å²) in [4.78, 5) is 14.6. The third-order valence-electron chi connectivity index (χ3n) is 4.95. The molecular formula is C24H20ClN3O3. The van der Waals surface area contributed by atoms with Crippen molar-refractivity contribution in [2.24, 2.45) is 0 Å². The van der Waals surface area contributed by atoms with Crippen LogP contribution in [-0.4, -0.2) is 37.8 Å². The third kappa shape index (κ3) is 4.11. The second-order valence-electron chi connectivity index (χ2n) is 7.11. The lowest BCUT2D eigenvalue weighted by atomic mass is 10.0. The minimum atomic E-state index is -0.369. The Kier molecular flexibility index (Phi) is 5.64. The number of carbonyl (C=O) groups is 1. The Hall–Kier alpha value is -3.77. The number of phenolic OH excluding ortho intramolecular Hbond substituents is 2. The maximum absolute atomic E-state index is 13.1. The van der Waals surface area contributed by atoms with Gasteiger partial charge in [-0.2, -0.15) is 5.10 Å². The number of rotatable bonds is 5. The van der Waals surface area contributed by atoms with Crippen LogP contribution in [0.3, 0.4) is 0 Å². The largest absolute Gasteiger partial charge is 0.507 e. The molecule has 0 unspecified atom stereocenters. The molecule has 31 heavy (non-hydrogen) atoms. The Morgan fingerprint density at radius 2 is 1.71 bits per heavy atom. The molecule has 1 heterocycles. The van der Waals surface area contributed by atoms with Gasteiger partial charge in [0.15, 0.2) is 0 Å². The molecule has 156 valence electrons.